The molecule has 0 aromatic rings. The molecule has 0 heterocycles. The highest BCUT2D eigenvalue weighted by Gasteiger charge is 2.64. The van der Waals surface area contributed by atoms with Crippen molar-refractivity contribution in [2.24, 2.45) is 16.2 Å². The number of halogens is 1. The van der Waals surface area contributed by atoms with E-state index in [4.69, 9.17) is 0 Å². The Morgan fingerprint density at radius 2 is 1.50 bits per heavy atom. The van der Waals surface area contributed by atoms with Gasteiger partial charge in [0.15, 0.2) is 0 Å². The Kier molecular flexibility index (Phi) is 1.73. The first-order valence-corrected chi connectivity index (χ1v) is 6.16. The van der Waals surface area contributed by atoms with Crippen molar-refractivity contribution >= 4 is 15.9 Å². The summed E-state index contributed by atoms with van der Waals surface area (Å²) in [5.74, 6) is 0. The van der Waals surface area contributed by atoms with Crippen molar-refractivity contribution in [3.8, 4) is 0 Å². The van der Waals surface area contributed by atoms with E-state index in [1.807, 2.05) is 0 Å². The van der Waals surface area contributed by atoms with E-state index >= 15 is 0 Å². The van der Waals surface area contributed by atoms with E-state index in [-0.39, 0.29) is 0 Å². The van der Waals surface area contributed by atoms with E-state index in [1.165, 1.54) is 31.0 Å². The minimum Gasteiger partial charge on any atom is -0.0922 e. The quantitative estimate of drug-likeness (QED) is 0.598. The molecule has 0 spiro atoms. The predicted molar refractivity (Wildman–Crippen MR) is 56.6 cm³/mol. The molecule has 0 aromatic heterocycles. The topological polar surface area (TPSA) is 0 Å². The first-order chi connectivity index (χ1) is 5.47. The minimum absolute atomic E-state index is 0.559. The number of rotatable bonds is 1. The van der Waals surface area contributed by atoms with Crippen molar-refractivity contribution in [2.75, 3.05) is 5.33 Å². The highest BCUT2D eigenvalue weighted by atomic mass is 79.9. The van der Waals surface area contributed by atoms with Gasteiger partial charge in [0.25, 0.3) is 0 Å². The van der Waals surface area contributed by atoms with Crippen LogP contribution in [0.5, 0.6) is 0 Å². The molecule has 0 amide bonds. The summed E-state index contributed by atoms with van der Waals surface area (Å²) < 4.78 is 0. The van der Waals surface area contributed by atoms with E-state index in [0.717, 1.165) is 0 Å². The molecule has 2 fully saturated rings. The molecule has 2 saturated carbocycles. The van der Waals surface area contributed by atoms with Crippen LogP contribution >= 0.6 is 15.9 Å². The van der Waals surface area contributed by atoms with E-state index < -0.39 is 0 Å². The van der Waals surface area contributed by atoms with Gasteiger partial charge in [0, 0.05) is 5.33 Å². The minimum atomic E-state index is 0.559. The molecule has 2 aliphatic rings. The third-order valence-electron chi connectivity index (χ3n) is 5.40. The van der Waals surface area contributed by atoms with Crippen LogP contribution in [0.3, 0.4) is 0 Å². The largest absolute Gasteiger partial charge is 0.0922 e. The zero-order chi connectivity index (χ0) is 9.04. The van der Waals surface area contributed by atoms with Crippen LogP contribution in [0.1, 0.15) is 46.5 Å². The van der Waals surface area contributed by atoms with Gasteiger partial charge in [0.2, 0.25) is 0 Å². The fraction of sp³-hybridized carbons (Fsp3) is 1.00. The maximum atomic E-state index is 3.72. The smallest absolute Gasteiger partial charge is 0.00932 e. The summed E-state index contributed by atoms with van der Waals surface area (Å²) in [6, 6.07) is 0. The van der Waals surface area contributed by atoms with Crippen molar-refractivity contribution in [2.45, 2.75) is 46.5 Å². The lowest BCUT2D eigenvalue weighted by molar-refractivity contribution is 0.104. The van der Waals surface area contributed by atoms with Crippen LogP contribution in [-0.4, -0.2) is 5.33 Å². The molecule has 0 aliphatic heterocycles. The maximum Gasteiger partial charge on any atom is 0.00932 e. The Balaban J connectivity index is 2.42. The van der Waals surface area contributed by atoms with Gasteiger partial charge in [-0.1, -0.05) is 36.7 Å². The van der Waals surface area contributed by atoms with Gasteiger partial charge in [-0.3, -0.25) is 0 Å². The molecule has 0 aromatic carbocycles. The van der Waals surface area contributed by atoms with Gasteiger partial charge in [0.1, 0.15) is 0 Å². The fourth-order valence-electron chi connectivity index (χ4n) is 3.47. The van der Waals surface area contributed by atoms with Crippen molar-refractivity contribution in [1.82, 2.24) is 0 Å². The molecule has 70 valence electrons. The Labute approximate surface area is 84.2 Å². The molecule has 0 atom stereocenters. The van der Waals surface area contributed by atoms with Crippen LogP contribution in [0, 0.1) is 16.2 Å². The normalized spacial score (nSPS) is 50.0. The summed E-state index contributed by atoms with van der Waals surface area (Å²) in [4.78, 5) is 0. The van der Waals surface area contributed by atoms with Gasteiger partial charge >= 0.3 is 0 Å². The van der Waals surface area contributed by atoms with Crippen molar-refractivity contribution < 1.29 is 0 Å². The van der Waals surface area contributed by atoms with Crippen LogP contribution in [0.25, 0.3) is 0 Å². The van der Waals surface area contributed by atoms with Gasteiger partial charge < -0.3 is 0 Å². The van der Waals surface area contributed by atoms with Crippen LogP contribution in [0.4, 0.5) is 0 Å². The predicted octanol–water partition coefficient (Wildman–Crippen LogP) is 3.99. The lowest BCUT2D eigenvalue weighted by Gasteiger charge is -2.40. The molecule has 0 nitrogen and oxygen atoms in total. The maximum absolute atomic E-state index is 3.72. The number of hydrogen-bond donors (Lipinski definition) is 0. The van der Waals surface area contributed by atoms with Crippen molar-refractivity contribution in [1.29, 1.82) is 0 Å². The fourth-order valence-corrected chi connectivity index (χ4v) is 4.73. The summed E-state index contributed by atoms with van der Waals surface area (Å²) in [5, 5.41) is 1.21. The molecular formula is C11H19Br. The summed E-state index contributed by atoms with van der Waals surface area (Å²) in [5.41, 5.74) is 1.83. The second-order valence-corrected chi connectivity index (χ2v) is 6.16. The Hall–Kier alpha value is 0.480. The molecule has 2 aliphatic carbocycles. The number of hydrogen-bond acceptors (Lipinski definition) is 0. The van der Waals surface area contributed by atoms with Crippen LogP contribution in [0.15, 0.2) is 0 Å². The second kappa shape index (κ2) is 2.29. The molecule has 0 unspecified atom stereocenters. The Morgan fingerprint density at radius 3 is 1.67 bits per heavy atom. The molecule has 0 saturated heterocycles. The Morgan fingerprint density at radius 1 is 1.00 bits per heavy atom. The summed E-state index contributed by atoms with van der Waals surface area (Å²) in [7, 11) is 0. The molecular weight excluding hydrogens is 212 g/mol. The lowest BCUT2D eigenvalue weighted by atomic mass is 9.66. The average molecular weight is 231 g/mol. The summed E-state index contributed by atoms with van der Waals surface area (Å²) in [6.07, 6.45) is 5.79. The monoisotopic (exact) mass is 230 g/mol. The van der Waals surface area contributed by atoms with Crippen LogP contribution in [-0.2, 0) is 0 Å². The van der Waals surface area contributed by atoms with Gasteiger partial charge in [-0.15, -0.1) is 0 Å². The van der Waals surface area contributed by atoms with E-state index in [0.29, 0.717) is 16.2 Å². The van der Waals surface area contributed by atoms with Crippen molar-refractivity contribution in [3.05, 3.63) is 0 Å². The third-order valence-corrected chi connectivity index (χ3v) is 6.47. The Bertz CT molecular complexity index is 197. The molecule has 2 bridgehead atoms. The second-order valence-electron chi connectivity index (χ2n) is 5.60. The van der Waals surface area contributed by atoms with E-state index in [9.17, 15) is 0 Å². The highest BCUT2D eigenvalue weighted by Crippen LogP contribution is 2.72. The van der Waals surface area contributed by atoms with Crippen LogP contribution in [0.2, 0.25) is 0 Å². The van der Waals surface area contributed by atoms with Gasteiger partial charge in [-0.2, -0.15) is 0 Å². The van der Waals surface area contributed by atoms with E-state index in [2.05, 4.69) is 36.7 Å². The molecule has 2 rings (SSSR count). The molecule has 0 radical (unpaired) electrons. The first-order valence-electron chi connectivity index (χ1n) is 5.04. The molecule has 0 N–H and O–H groups in total. The van der Waals surface area contributed by atoms with Gasteiger partial charge in [-0.25, -0.2) is 0 Å². The molecule has 1 heteroatoms. The third kappa shape index (κ3) is 0.748. The number of alkyl halides is 1. The van der Waals surface area contributed by atoms with Crippen LogP contribution < -0.4 is 0 Å². The summed E-state index contributed by atoms with van der Waals surface area (Å²) >= 11 is 3.72. The van der Waals surface area contributed by atoms with Gasteiger partial charge in [0.05, 0.1) is 0 Å². The van der Waals surface area contributed by atoms with E-state index in [1.54, 1.807) is 0 Å². The number of fused-ring (bicyclic) bond motifs is 2. The zero-order valence-electron chi connectivity index (χ0n) is 8.41. The first kappa shape index (κ1) is 9.05. The standard InChI is InChI=1S/C11H19Br/c1-9(2)10(3)4-6-11(9,8-12)7-5-10/h4-8H2,1-3H3. The molecule has 12 heavy (non-hydrogen) atoms. The van der Waals surface area contributed by atoms with Crippen molar-refractivity contribution in [3.63, 3.8) is 0 Å². The summed E-state index contributed by atoms with van der Waals surface area (Å²) in [6.45, 7) is 7.45. The SMILES string of the molecule is CC12CCC(CBr)(CC1)C2(C)C. The average Bonchev–Trinajstić information content (AvgIpc) is 2.34. The lowest BCUT2D eigenvalue weighted by Crippen LogP contribution is -2.35. The van der Waals surface area contributed by atoms with Gasteiger partial charge in [-0.05, 0) is 41.9 Å². The highest BCUT2D eigenvalue weighted by molar-refractivity contribution is 9.09. The zero-order valence-corrected chi connectivity index (χ0v) is 10.00.